The first-order chi connectivity index (χ1) is 14.7. The lowest BCUT2D eigenvalue weighted by Crippen LogP contribution is -2.36. The van der Waals surface area contributed by atoms with Crippen LogP contribution in [0.15, 0.2) is 48.5 Å². The number of nitrogens with one attached hydrogen (secondary N) is 1. The van der Waals surface area contributed by atoms with E-state index in [4.69, 9.17) is 14.2 Å². The summed E-state index contributed by atoms with van der Waals surface area (Å²) >= 11 is 0. The third kappa shape index (κ3) is 6.26. The number of carbonyl (C=O) groups excluding carboxylic acids is 1. The minimum Gasteiger partial charge on any atom is -0.493 e. The summed E-state index contributed by atoms with van der Waals surface area (Å²) in [6, 6.07) is 13.9. The van der Waals surface area contributed by atoms with Gasteiger partial charge in [-0.15, -0.1) is 0 Å². The Bertz CT molecular complexity index is 843. The number of benzene rings is 2. The van der Waals surface area contributed by atoms with Crippen molar-refractivity contribution in [2.24, 2.45) is 0 Å². The Morgan fingerprint density at radius 1 is 1.13 bits per heavy atom. The molecule has 6 nitrogen and oxygen atoms in total. The molecule has 2 aromatic rings. The van der Waals surface area contributed by atoms with Crippen LogP contribution < -0.4 is 19.7 Å². The number of nitrogens with zero attached hydrogens (tertiary/aromatic N) is 1. The van der Waals surface area contributed by atoms with Gasteiger partial charge in [0.05, 0.1) is 26.9 Å². The molecular formula is C24H30N2O4. The van der Waals surface area contributed by atoms with Crippen LogP contribution in [0.1, 0.15) is 24.5 Å². The predicted molar refractivity (Wildman–Crippen MR) is 119 cm³/mol. The van der Waals surface area contributed by atoms with E-state index in [9.17, 15) is 4.79 Å². The average Bonchev–Trinajstić information content (AvgIpc) is 2.81. The Kier molecular flexibility index (Phi) is 8.15. The zero-order chi connectivity index (χ0) is 21.2. The maximum Gasteiger partial charge on any atom is 0.244 e. The molecule has 0 aliphatic carbocycles. The third-order valence-electron chi connectivity index (χ3n) is 4.86. The smallest absolute Gasteiger partial charge is 0.244 e. The van der Waals surface area contributed by atoms with Crippen molar-refractivity contribution in [1.29, 1.82) is 0 Å². The summed E-state index contributed by atoms with van der Waals surface area (Å²) in [5.41, 5.74) is 3.13. The molecule has 6 heteroatoms. The monoisotopic (exact) mass is 410 g/mol. The van der Waals surface area contributed by atoms with Gasteiger partial charge in [-0.1, -0.05) is 25.1 Å². The standard InChI is InChI=1S/C24H30N2O4/c1-3-14-30-22-10-6-19(17-23(22)28-2)7-11-24(27)25-18-20-4-8-21(9-5-20)26-12-15-29-16-13-26/h4-11,17H,3,12-16,18H2,1-2H3,(H,25,27)/b11-7+. The van der Waals surface area contributed by atoms with Crippen LogP contribution in [-0.2, 0) is 16.1 Å². The molecule has 1 N–H and O–H groups in total. The van der Waals surface area contributed by atoms with Gasteiger partial charge in [0.1, 0.15) is 0 Å². The zero-order valence-corrected chi connectivity index (χ0v) is 17.7. The van der Waals surface area contributed by atoms with Crippen molar-refractivity contribution in [3.05, 3.63) is 59.7 Å². The van der Waals surface area contributed by atoms with E-state index < -0.39 is 0 Å². The second kappa shape index (κ2) is 11.3. The van der Waals surface area contributed by atoms with Crippen LogP contribution in [0.2, 0.25) is 0 Å². The number of amides is 1. The van der Waals surface area contributed by atoms with Crippen LogP contribution in [0.25, 0.3) is 6.08 Å². The van der Waals surface area contributed by atoms with Gasteiger partial charge in [0, 0.05) is 31.4 Å². The van der Waals surface area contributed by atoms with E-state index in [-0.39, 0.29) is 5.91 Å². The van der Waals surface area contributed by atoms with Crippen LogP contribution in [0.5, 0.6) is 11.5 Å². The van der Waals surface area contributed by atoms with Crippen LogP contribution in [0.3, 0.4) is 0 Å². The summed E-state index contributed by atoms with van der Waals surface area (Å²) in [7, 11) is 1.61. The van der Waals surface area contributed by atoms with Gasteiger partial charge in [0.2, 0.25) is 5.91 Å². The van der Waals surface area contributed by atoms with E-state index in [1.54, 1.807) is 13.2 Å². The first-order valence-corrected chi connectivity index (χ1v) is 10.4. The van der Waals surface area contributed by atoms with Crippen LogP contribution in [0.4, 0.5) is 5.69 Å². The summed E-state index contributed by atoms with van der Waals surface area (Å²) in [6.07, 6.45) is 4.23. The minimum atomic E-state index is -0.141. The van der Waals surface area contributed by atoms with E-state index in [2.05, 4.69) is 41.4 Å². The number of anilines is 1. The minimum absolute atomic E-state index is 0.141. The highest BCUT2D eigenvalue weighted by Gasteiger charge is 2.10. The summed E-state index contributed by atoms with van der Waals surface area (Å²) in [4.78, 5) is 14.5. The van der Waals surface area contributed by atoms with E-state index in [1.165, 1.54) is 11.8 Å². The molecular weight excluding hydrogens is 380 g/mol. The van der Waals surface area contributed by atoms with Gasteiger partial charge in [-0.05, 0) is 47.9 Å². The predicted octanol–water partition coefficient (Wildman–Crippen LogP) is 3.65. The lowest BCUT2D eigenvalue weighted by molar-refractivity contribution is -0.116. The summed E-state index contributed by atoms with van der Waals surface area (Å²) < 4.78 is 16.4. The van der Waals surface area contributed by atoms with E-state index >= 15 is 0 Å². The topological polar surface area (TPSA) is 60.0 Å². The van der Waals surface area contributed by atoms with Crippen molar-refractivity contribution in [1.82, 2.24) is 5.32 Å². The Balaban J connectivity index is 1.51. The Morgan fingerprint density at radius 3 is 2.60 bits per heavy atom. The molecule has 1 aliphatic rings. The number of methoxy groups -OCH3 is 1. The van der Waals surface area contributed by atoms with E-state index in [0.29, 0.717) is 24.7 Å². The van der Waals surface area contributed by atoms with Gasteiger partial charge in [-0.25, -0.2) is 0 Å². The second-order valence-electron chi connectivity index (χ2n) is 7.08. The fraction of sp³-hybridized carbons (Fsp3) is 0.375. The highest BCUT2D eigenvalue weighted by Crippen LogP contribution is 2.28. The second-order valence-corrected chi connectivity index (χ2v) is 7.08. The molecule has 30 heavy (non-hydrogen) atoms. The summed E-state index contributed by atoms with van der Waals surface area (Å²) in [5.74, 6) is 1.23. The zero-order valence-electron chi connectivity index (χ0n) is 17.7. The molecule has 1 aliphatic heterocycles. The first-order valence-electron chi connectivity index (χ1n) is 10.4. The molecule has 0 atom stereocenters. The number of ether oxygens (including phenoxy) is 3. The summed E-state index contributed by atoms with van der Waals surface area (Å²) in [5, 5.41) is 2.92. The maximum absolute atomic E-state index is 12.2. The van der Waals surface area contributed by atoms with Gasteiger partial charge in [-0.3, -0.25) is 4.79 Å². The van der Waals surface area contributed by atoms with E-state index in [1.807, 2.05) is 18.2 Å². The number of carbonyl (C=O) groups is 1. The first kappa shape index (κ1) is 21.7. The van der Waals surface area contributed by atoms with E-state index in [0.717, 1.165) is 43.9 Å². The summed E-state index contributed by atoms with van der Waals surface area (Å²) in [6.45, 7) is 6.55. The molecule has 1 amide bonds. The fourth-order valence-electron chi connectivity index (χ4n) is 3.19. The normalized spacial score (nSPS) is 14.0. The van der Waals surface area contributed by atoms with Crippen molar-refractivity contribution in [2.45, 2.75) is 19.9 Å². The number of rotatable bonds is 9. The molecule has 0 radical (unpaired) electrons. The van der Waals surface area contributed by atoms with Gasteiger partial charge >= 0.3 is 0 Å². The lowest BCUT2D eigenvalue weighted by atomic mass is 10.1. The molecule has 0 unspecified atom stereocenters. The van der Waals surface area contributed by atoms with Crippen molar-refractivity contribution >= 4 is 17.7 Å². The Labute approximate surface area is 178 Å². The lowest BCUT2D eigenvalue weighted by Gasteiger charge is -2.28. The largest absolute Gasteiger partial charge is 0.493 e. The number of hydrogen-bond donors (Lipinski definition) is 1. The fourth-order valence-corrected chi connectivity index (χ4v) is 3.19. The van der Waals surface area contributed by atoms with Gasteiger partial charge in [0.25, 0.3) is 0 Å². The molecule has 3 rings (SSSR count). The van der Waals surface area contributed by atoms with Crippen molar-refractivity contribution < 1.29 is 19.0 Å². The van der Waals surface area contributed by atoms with Gasteiger partial charge in [0.15, 0.2) is 11.5 Å². The van der Waals surface area contributed by atoms with Crippen LogP contribution in [-0.4, -0.2) is 45.9 Å². The molecule has 0 bridgehead atoms. The third-order valence-corrected chi connectivity index (χ3v) is 4.86. The van der Waals surface area contributed by atoms with Crippen molar-refractivity contribution in [3.8, 4) is 11.5 Å². The molecule has 1 saturated heterocycles. The van der Waals surface area contributed by atoms with Crippen LogP contribution >= 0.6 is 0 Å². The Morgan fingerprint density at radius 2 is 1.90 bits per heavy atom. The quantitative estimate of drug-likeness (QED) is 0.640. The molecule has 160 valence electrons. The van der Waals surface area contributed by atoms with Gasteiger partial charge < -0.3 is 24.4 Å². The molecule has 2 aromatic carbocycles. The highest BCUT2D eigenvalue weighted by molar-refractivity contribution is 5.91. The highest BCUT2D eigenvalue weighted by atomic mass is 16.5. The van der Waals surface area contributed by atoms with Crippen LogP contribution in [0, 0.1) is 0 Å². The molecule has 0 saturated carbocycles. The average molecular weight is 411 g/mol. The number of hydrogen-bond acceptors (Lipinski definition) is 5. The molecule has 0 aromatic heterocycles. The molecule has 0 spiro atoms. The van der Waals surface area contributed by atoms with Crippen molar-refractivity contribution in [2.75, 3.05) is 44.9 Å². The maximum atomic E-state index is 12.2. The molecule has 1 heterocycles. The molecule has 1 fully saturated rings. The SMILES string of the molecule is CCCOc1ccc(/C=C/C(=O)NCc2ccc(N3CCOCC3)cc2)cc1OC. The van der Waals surface area contributed by atoms with Gasteiger partial charge in [-0.2, -0.15) is 0 Å². The Hall–Kier alpha value is -2.99. The van der Waals surface area contributed by atoms with Crippen molar-refractivity contribution in [3.63, 3.8) is 0 Å². The number of morpholine rings is 1.